The lowest BCUT2D eigenvalue weighted by molar-refractivity contribution is 0.851. The summed E-state index contributed by atoms with van der Waals surface area (Å²) in [5.41, 5.74) is 3.82. The molecule has 0 N–H and O–H groups in total. The van der Waals surface area contributed by atoms with Gasteiger partial charge in [0.05, 0.1) is 11.4 Å². The normalized spacial score (nSPS) is 11.3. The maximum Gasteiger partial charge on any atom is 0.0897 e. The average molecular weight is 285 g/mol. The summed E-state index contributed by atoms with van der Waals surface area (Å²) in [4.78, 5) is 0. The second-order valence-electron chi connectivity index (χ2n) is 4.77. The molecule has 3 aromatic rings. The minimum Gasteiger partial charge on any atom is -0.131 e. The van der Waals surface area contributed by atoms with Gasteiger partial charge in [0.25, 0.3) is 0 Å². The maximum atomic E-state index is 4.03. The molecule has 0 saturated carbocycles. The Morgan fingerprint density at radius 2 is 1.00 bits per heavy atom. The van der Waals surface area contributed by atoms with E-state index in [0.29, 0.717) is 0 Å². The molecule has 3 nitrogen and oxygen atoms in total. The van der Waals surface area contributed by atoms with Crippen LogP contribution in [0, 0.1) is 0 Å². The van der Waals surface area contributed by atoms with Crippen LogP contribution < -0.4 is 0 Å². The number of aromatic nitrogens is 3. The van der Waals surface area contributed by atoms with Crippen LogP contribution in [0.1, 0.15) is 22.5 Å². The Hall–Kier alpha value is -3.07. The summed E-state index contributed by atoms with van der Waals surface area (Å²) in [5.74, 6) is 0. The zero-order chi connectivity index (χ0) is 15.0. The van der Waals surface area contributed by atoms with Gasteiger partial charge < -0.3 is 0 Å². The predicted molar refractivity (Wildman–Crippen MR) is 90.6 cm³/mol. The Kier molecular flexibility index (Phi) is 4.47. The number of hydrogen-bond acceptors (Lipinski definition) is 3. The average Bonchev–Trinajstić information content (AvgIpc) is 2.60. The molecule has 3 heteroatoms. The fourth-order valence-corrected chi connectivity index (χ4v) is 1.99. The minimum atomic E-state index is 0.784. The first-order valence-electron chi connectivity index (χ1n) is 7.07. The quantitative estimate of drug-likeness (QED) is 0.720. The molecular weight excluding hydrogens is 270 g/mol. The molecule has 0 bridgehead atoms. The Balaban J connectivity index is 1.75. The third kappa shape index (κ3) is 3.96. The monoisotopic (exact) mass is 285 g/mol. The van der Waals surface area contributed by atoms with Crippen LogP contribution in [-0.2, 0) is 0 Å². The van der Waals surface area contributed by atoms with Gasteiger partial charge in [-0.3, -0.25) is 0 Å². The largest absolute Gasteiger partial charge is 0.131 e. The standard InChI is InChI=1S/C19H15N3/c1-3-7-16(8-4-1)11-13-18-15-19(21-22-20-18)14-12-17-9-5-2-6-10-17/h1-15H. The third-order valence-electron chi connectivity index (χ3n) is 3.11. The molecule has 106 valence electrons. The summed E-state index contributed by atoms with van der Waals surface area (Å²) in [6.07, 6.45) is 7.89. The van der Waals surface area contributed by atoms with Crippen molar-refractivity contribution < 1.29 is 0 Å². The van der Waals surface area contributed by atoms with Gasteiger partial charge in [0.15, 0.2) is 0 Å². The van der Waals surface area contributed by atoms with Crippen LogP contribution >= 0.6 is 0 Å². The lowest BCUT2D eigenvalue weighted by Crippen LogP contribution is -1.92. The first kappa shape index (κ1) is 13.9. The molecule has 0 spiro atoms. The Labute approximate surface area is 129 Å². The second kappa shape index (κ2) is 7.09. The van der Waals surface area contributed by atoms with Gasteiger partial charge >= 0.3 is 0 Å². The van der Waals surface area contributed by atoms with Crippen molar-refractivity contribution in [3.8, 4) is 0 Å². The summed E-state index contributed by atoms with van der Waals surface area (Å²) in [6, 6.07) is 22.1. The van der Waals surface area contributed by atoms with Crippen LogP contribution in [-0.4, -0.2) is 15.4 Å². The highest BCUT2D eigenvalue weighted by molar-refractivity contribution is 5.71. The molecule has 3 rings (SSSR count). The van der Waals surface area contributed by atoms with Gasteiger partial charge in [0.2, 0.25) is 0 Å². The number of rotatable bonds is 4. The number of nitrogens with zero attached hydrogens (tertiary/aromatic N) is 3. The third-order valence-corrected chi connectivity index (χ3v) is 3.11. The smallest absolute Gasteiger partial charge is 0.0897 e. The maximum absolute atomic E-state index is 4.03. The van der Waals surface area contributed by atoms with Crippen molar-refractivity contribution in [2.45, 2.75) is 0 Å². The van der Waals surface area contributed by atoms with E-state index in [1.54, 1.807) is 0 Å². The Morgan fingerprint density at radius 3 is 1.45 bits per heavy atom. The zero-order valence-corrected chi connectivity index (χ0v) is 12.0. The van der Waals surface area contributed by atoms with Crippen molar-refractivity contribution in [3.63, 3.8) is 0 Å². The van der Waals surface area contributed by atoms with Gasteiger partial charge in [-0.15, -0.1) is 10.2 Å². The van der Waals surface area contributed by atoms with E-state index in [4.69, 9.17) is 0 Å². The van der Waals surface area contributed by atoms with Crippen molar-refractivity contribution in [1.82, 2.24) is 15.4 Å². The highest BCUT2D eigenvalue weighted by atomic mass is 15.3. The lowest BCUT2D eigenvalue weighted by atomic mass is 10.2. The molecular formula is C19H15N3. The van der Waals surface area contributed by atoms with Crippen LogP contribution in [0.2, 0.25) is 0 Å². The van der Waals surface area contributed by atoms with E-state index >= 15 is 0 Å². The van der Waals surface area contributed by atoms with E-state index in [1.807, 2.05) is 91.0 Å². The van der Waals surface area contributed by atoms with Crippen LogP contribution in [0.5, 0.6) is 0 Å². The van der Waals surface area contributed by atoms with Crippen LogP contribution in [0.15, 0.2) is 66.7 Å². The first-order valence-corrected chi connectivity index (χ1v) is 7.07. The molecule has 0 aliphatic carbocycles. The van der Waals surface area contributed by atoms with E-state index in [1.165, 1.54) is 0 Å². The molecule has 0 aliphatic rings. The Morgan fingerprint density at radius 1 is 0.545 bits per heavy atom. The molecule has 22 heavy (non-hydrogen) atoms. The summed E-state index contributed by atoms with van der Waals surface area (Å²) in [6.45, 7) is 0. The van der Waals surface area contributed by atoms with Gasteiger partial charge in [-0.2, -0.15) is 0 Å². The molecule has 0 aliphatic heterocycles. The van der Waals surface area contributed by atoms with E-state index < -0.39 is 0 Å². The predicted octanol–water partition coefficient (Wildman–Crippen LogP) is 4.21. The Bertz CT molecular complexity index is 713. The highest BCUT2D eigenvalue weighted by Gasteiger charge is 1.94. The van der Waals surface area contributed by atoms with E-state index in [-0.39, 0.29) is 0 Å². The SMILES string of the molecule is C(=Cc1cc(C=Cc2ccccc2)nnn1)c1ccccc1. The fraction of sp³-hybridized carbons (Fsp3) is 0. The van der Waals surface area contributed by atoms with Crippen molar-refractivity contribution in [1.29, 1.82) is 0 Å². The van der Waals surface area contributed by atoms with Crippen molar-refractivity contribution >= 4 is 24.3 Å². The van der Waals surface area contributed by atoms with E-state index in [2.05, 4.69) is 15.4 Å². The first-order chi connectivity index (χ1) is 10.9. The molecule has 0 atom stereocenters. The number of benzene rings is 2. The molecule has 1 heterocycles. The van der Waals surface area contributed by atoms with Gasteiger partial charge in [-0.05, 0) is 34.6 Å². The molecule has 1 aromatic heterocycles. The fourth-order valence-electron chi connectivity index (χ4n) is 1.99. The van der Waals surface area contributed by atoms with Crippen LogP contribution in [0.3, 0.4) is 0 Å². The molecule has 0 radical (unpaired) electrons. The summed E-state index contributed by atoms with van der Waals surface area (Å²) in [7, 11) is 0. The van der Waals surface area contributed by atoms with Crippen molar-refractivity contribution in [3.05, 3.63) is 89.2 Å². The summed E-state index contributed by atoms with van der Waals surface area (Å²) in [5, 5.41) is 11.9. The van der Waals surface area contributed by atoms with Gasteiger partial charge in [0, 0.05) is 0 Å². The van der Waals surface area contributed by atoms with E-state index in [9.17, 15) is 0 Å². The topological polar surface area (TPSA) is 38.7 Å². The van der Waals surface area contributed by atoms with Crippen LogP contribution in [0.25, 0.3) is 24.3 Å². The lowest BCUT2D eigenvalue weighted by Gasteiger charge is -1.95. The summed E-state index contributed by atoms with van der Waals surface area (Å²) >= 11 is 0. The highest BCUT2D eigenvalue weighted by Crippen LogP contribution is 2.09. The molecule has 0 fully saturated rings. The van der Waals surface area contributed by atoms with Crippen molar-refractivity contribution in [2.75, 3.05) is 0 Å². The second-order valence-corrected chi connectivity index (χ2v) is 4.77. The molecule has 0 amide bonds. The van der Waals surface area contributed by atoms with Crippen molar-refractivity contribution in [2.24, 2.45) is 0 Å². The summed E-state index contributed by atoms with van der Waals surface area (Å²) < 4.78 is 0. The minimum absolute atomic E-state index is 0.784. The van der Waals surface area contributed by atoms with E-state index in [0.717, 1.165) is 22.5 Å². The molecule has 2 aromatic carbocycles. The van der Waals surface area contributed by atoms with Gasteiger partial charge in [-0.1, -0.05) is 72.8 Å². The zero-order valence-electron chi connectivity index (χ0n) is 12.0. The number of hydrogen-bond donors (Lipinski definition) is 0. The van der Waals surface area contributed by atoms with Crippen LogP contribution in [0.4, 0.5) is 0 Å². The van der Waals surface area contributed by atoms with Gasteiger partial charge in [0.1, 0.15) is 0 Å². The van der Waals surface area contributed by atoms with Gasteiger partial charge in [-0.25, -0.2) is 0 Å². The molecule has 0 unspecified atom stereocenters. The molecule has 0 saturated heterocycles.